The first kappa shape index (κ1) is 15.3. The van der Waals surface area contributed by atoms with E-state index >= 15 is 0 Å². The van der Waals surface area contributed by atoms with Gasteiger partial charge in [0.25, 0.3) is 0 Å². The summed E-state index contributed by atoms with van der Waals surface area (Å²) in [6.07, 6.45) is 0.0629. The zero-order valence-electron chi connectivity index (χ0n) is 10.6. The summed E-state index contributed by atoms with van der Waals surface area (Å²) in [7, 11) is 0. The number of ether oxygens (including phenoxy) is 2. The molecule has 0 unspecified atom stereocenters. The summed E-state index contributed by atoms with van der Waals surface area (Å²) < 4.78 is 9.47. The molecule has 0 N–H and O–H groups in total. The molecule has 6 nitrogen and oxygen atoms in total. The fraction of sp³-hybridized carbons (Fsp3) is 0.636. The van der Waals surface area contributed by atoms with Crippen molar-refractivity contribution in [3.8, 4) is 0 Å². The van der Waals surface area contributed by atoms with Crippen LogP contribution < -0.4 is 0 Å². The SMILES string of the molecule is CCOC(=O)C/C(C)=N/N=C(\C)C(=O)OCC. The monoisotopic (exact) mass is 242 g/mol. The third kappa shape index (κ3) is 7.21. The molecule has 96 valence electrons. The molecule has 6 heteroatoms. The maximum absolute atomic E-state index is 11.2. The Hall–Kier alpha value is -1.72. The van der Waals surface area contributed by atoms with Crippen molar-refractivity contribution < 1.29 is 19.1 Å². The minimum atomic E-state index is -0.514. The van der Waals surface area contributed by atoms with Crippen LogP contribution in [0.1, 0.15) is 34.1 Å². The molecule has 0 heterocycles. The first-order chi connectivity index (χ1) is 8.01. The summed E-state index contributed by atoms with van der Waals surface area (Å²) in [5.41, 5.74) is 0.627. The molecule has 0 amide bonds. The fourth-order valence-corrected chi connectivity index (χ4v) is 0.893. The van der Waals surface area contributed by atoms with Gasteiger partial charge in [-0.15, -0.1) is 5.10 Å². The largest absolute Gasteiger partial charge is 0.466 e. The van der Waals surface area contributed by atoms with E-state index in [0.717, 1.165) is 0 Å². The lowest BCUT2D eigenvalue weighted by Crippen LogP contribution is -2.14. The molecular formula is C11H18N2O4. The third-order valence-electron chi connectivity index (χ3n) is 1.65. The molecule has 0 rings (SSSR count). The highest BCUT2D eigenvalue weighted by molar-refractivity contribution is 6.35. The van der Waals surface area contributed by atoms with E-state index in [1.165, 1.54) is 6.92 Å². The highest BCUT2D eigenvalue weighted by Crippen LogP contribution is 1.93. The third-order valence-corrected chi connectivity index (χ3v) is 1.65. The van der Waals surface area contributed by atoms with Gasteiger partial charge in [-0.1, -0.05) is 0 Å². The number of hydrogen-bond acceptors (Lipinski definition) is 6. The van der Waals surface area contributed by atoms with Gasteiger partial charge in [-0.3, -0.25) is 4.79 Å². The van der Waals surface area contributed by atoms with Crippen molar-refractivity contribution in [1.29, 1.82) is 0 Å². The molecule has 0 aliphatic heterocycles. The van der Waals surface area contributed by atoms with Gasteiger partial charge in [0.05, 0.1) is 19.6 Å². The second-order valence-corrected chi connectivity index (χ2v) is 3.22. The number of hydrogen-bond donors (Lipinski definition) is 0. The lowest BCUT2D eigenvalue weighted by atomic mass is 10.3. The Balaban J connectivity index is 4.34. The zero-order chi connectivity index (χ0) is 13.3. The second kappa shape index (κ2) is 8.43. The van der Waals surface area contributed by atoms with Crippen LogP contribution in [0.15, 0.2) is 10.2 Å². The molecule has 0 saturated carbocycles. The molecule has 0 aliphatic carbocycles. The van der Waals surface area contributed by atoms with Gasteiger partial charge in [-0.2, -0.15) is 5.10 Å². The lowest BCUT2D eigenvalue weighted by molar-refractivity contribution is -0.141. The average molecular weight is 242 g/mol. The molecule has 0 radical (unpaired) electrons. The standard InChI is InChI=1S/C11H18N2O4/c1-5-16-10(14)7-8(3)12-13-9(4)11(15)17-6-2/h5-7H2,1-4H3/b12-8+,13-9+. The number of esters is 2. The van der Waals surface area contributed by atoms with Crippen LogP contribution in [-0.2, 0) is 19.1 Å². The zero-order valence-corrected chi connectivity index (χ0v) is 10.6. The molecule has 0 saturated heterocycles. The molecule has 0 aliphatic rings. The fourth-order valence-electron chi connectivity index (χ4n) is 0.893. The molecule has 0 atom stereocenters. The predicted octanol–water partition coefficient (Wildman–Crippen LogP) is 1.34. The Labute approximate surface area is 101 Å². The predicted molar refractivity (Wildman–Crippen MR) is 64.1 cm³/mol. The van der Waals surface area contributed by atoms with Crippen LogP contribution in [0.3, 0.4) is 0 Å². The van der Waals surface area contributed by atoms with E-state index in [1.807, 2.05) is 0 Å². The van der Waals surface area contributed by atoms with Crippen LogP contribution in [0.2, 0.25) is 0 Å². The van der Waals surface area contributed by atoms with Crippen LogP contribution in [0.5, 0.6) is 0 Å². The molecule has 17 heavy (non-hydrogen) atoms. The minimum Gasteiger partial charge on any atom is -0.466 e. The van der Waals surface area contributed by atoms with E-state index < -0.39 is 5.97 Å². The summed E-state index contributed by atoms with van der Waals surface area (Å²) in [6, 6.07) is 0. The molecule has 0 aromatic carbocycles. The Morgan fingerprint density at radius 2 is 1.59 bits per heavy atom. The molecule has 0 aromatic rings. The van der Waals surface area contributed by atoms with Crippen LogP contribution in [-0.4, -0.2) is 36.6 Å². The average Bonchev–Trinajstić information content (AvgIpc) is 2.26. The van der Waals surface area contributed by atoms with Crippen molar-refractivity contribution in [2.45, 2.75) is 34.1 Å². The first-order valence-electron chi connectivity index (χ1n) is 5.41. The second-order valence-electron chi connectivity index (χ2n) is 3.22. The Bertz CT molecular complexity index is 334. The van der Waals surface area contributed by atoms with Crippen molar-refractivity contribution >= 4 is 23.4 Å². The van der Waals surface area contributed by atoms with Gasteiger partial charge in [0.2, 0.25) is 0 Å². The van der Waals surface area contributed by atoms with Gasteiger partial charge >= 0.3 is 11.9 Å². The van der Waals surface area contributed by atoms with E-state index in [1.54, 1.807) is 20.8 Å². The summed E-state index contributed by atoms with van der Waals surface area (Å²) in [6.45, 7) is 7.19. The number of nitrogens with zero attached hydrogens (tertiary/aromatic N) is 2. The van der Waals surface area contributed by atoms with E-state index in [0.29, 0.717) is 12.3 Å². The smallest absolute Gasteiger partial charge is 0.354 e. The number of rotatable bonds is 6. The van der Waals surface area contributed by atoms with Crippen LogP contribution in [0, 0.1) is 0 Å². The molecule has 0 fully saturated rings. The van der Waals surface area contributed by atoms with Gasteiger partial charge in [0, 0.05) is 5.71 Å². The van der Waals surface area contributed by atoms with Crippen molar-refractivity contribution in [3.05, 3.63) is 0 Å². The van der Waals surface area contributed by atoms with E-state index in [-0.39, 0.29) is 24.7 Å². The number of carbonyl (C=O) groups is 2. The Morgan fingerprint density at radius 1 is 1.00 bits per heavy atom. The lowest BCUT2D eigenvalue weighted by Gasteiger charge is -2.00. The van der Waals surface area contributed by atoms with Gasteiger partial charge in [0.15, 0.2) is 0 Å². The van der Waals surface area contributed by atoms with Crippen LogP contribution >= 0.6 is 0 Å². The summed E-state index contributed by atoms with van der Waals surface area (Å²) >= 11 is 0. The quantitative estimate of drug-likeness (QED) is 0.400. The number of carbonyl (C=O) groups excluding carboxylic acids is 2. The highest BCUT2D eigenvalue weighted by atomic mass is 16.5. The maximum Gasteiger partial charge on any atom is 0.354 e. The van der Waals surface area contributed by atoms with Gasteiger partial charge in [-0.25, -0.2) is 4.79 Å². The normalized spacial score (nSPS) is 12.2. The summed E-state index contributed by atoms with van der Waals surface area (Å²) in [5.74, 6) is -0.877. The molecule has 0 spiro atoms. The van der Waals surface area contributed by atoms with E-state index in [2.05, 4.69) is 10.2 Å². The van der Waals surface area contributed by atoms with E-state index in [9.17, 15) is 9.59 Å². The Morgan fingerprint density at radius 3 is 2.12 bits per heavy atom. The first-order valence-corrected chi connectivity index (χ1v) is 5.41. The Kier molecular flexibility index (Phi) is 7.58. The van der Waals surface area contributed by atoms with Crippen molar-refractivity contribution in [3.63, 3.8) is 0 Å². The van der Waals surface area contributed by atoms with Crippen molar-refractivity contribution in [1.82, 2.24) is 0 Å². The van der Waals surface area contributed by atoms with Gasteiger partial charge in [-0.05, 0) is 27.7 Å². The van der Waals surface area contributed by atoms with Gasteiger partial charge in [0.1, 0.15) is 5.71 Å². The van der Waals surface area contributed by atoms with Crippen LogP contribution in [0.25, 0.3) is 0 Å². The highest BCUT2D eigenvalue weighted by Gasteiger charge is 2.07. The van der Waals surface area contributed by atoms with E-state index in [4.69, 9.17) is 9.47 Å². The maximum atomic E-state index is 11.2. The molecular weight excluding hydrogens is 224 g/mol. The minimum absolute atomic E-state index is 0.0629. The summed E-state index contributed by atoms with van der Waals surface area (Å²) in [5, 5.41) is 7.43. The van der Waals surface area contributed by atoms with Crippen molar-refractivity contribution in [2.24, 2.45) is 10.2 Å². The molecule has 0 aromatic heterocycles. The molecule has 0 bridgehead atoms. The van der Waals surface area contributed by atoms with Gasteiger partial charge < -0.3 is 9.47 Å². The van der Waals surface area contributed by atoms with Crippen LogP contribution in [0.4, 0.5) is 0 Å². The topological polar surface area (TPSA) is 77.3 Å². The summed E-state index contributed by atoms with van der Waals surface area (Å²) in [4.78, 5) is 22.3. The van der Waals surface area contributed by atoms with Crippen molar-refractivity contribution in [2.75, 3.05) is 13.2 Å².